The Morgan fingerprint density at radius 3 is 2.76 bits per heavy atom. The summed E-state index contributed by atoms with van der Waals surface area (Å²) in [5.74, 6) is 0.620. The first-order chi connectivity index (χ1) is 12.0. The summed E-state index contributed by atoms with van der Waals surface area (Å²) in [6.07, 6.45) is -1.04. The lowest BCUT2D eigenvalue weighted by atomic mass is 10.1. The summed E-state index contributed by atoms with van der Waals surface area (Å²) in [5.41, 5.74) is 0.416. The topological polar surface area (TPSA) is 82.7 Å². The number of nitrogens with zero attached hydrogens (tertiary/aromatic N) is 4. The van der Waals surface area contributed by atoms with Crippen LogP contribution in [0.25, 0.3) is 0 Å². The summed E-state index contributed by atoms with van der Waals surface area (Å²) >= 11 is 0. The third-order valence-corrected chi connectivity index (χ3v) is 4.26. The van der Waals surface area contributed by atoms with Gasteiger partial charge in [-0.25, -0.2) is 4.39 Å². The molecule has 25 heavy (non-hydrogen) atoms. The third-order valence-electron chi connectivity index (χ3n) is 4.26. The first kappa shape index (κ1) is 17.5. The fraction of sp³-hybridized carbons (Fsp3) is 0.471. The van der Waals surface area contributed by atoms with Crippen molar-refractivity contribution < 1.29 is 18.8 Å². The second kappa shape index (κ2) is 7.71. The summed E-state index contributed by atoms with van der Waals surface area (Å²) in [7, 11) is 0. The van der Waals surface area contributed by atoms with Gasteiger partial charge in [-0.1, -0.05) is 17.3 Å². The van der Waals surface area contributed by atoms with E-state index in [1.54, 1.807) is 17.9 Å². The second-order valence-corrected chi connectivity index (χ2v) is 6.16. The van der Waals surface area contributed by atoms with Crippen LogP contribution in [0.1, 0.15) is 29.8 Å². The lowest BCUT2D eigenvalue weighted by molar-refractivity contribution is -0.135. The Morgan fingerprint density at radius 1 is 1.36 bits per heavy atom. The van der Waals surface area contributed by atoms with Gasteiger partial charge in [-0.15, -0.1) is 0 Å². The van der Waals surface area contributed by atoms with Crippen molar-refractivity contribution >= 4 is 5.91 Å². The molecule has 7 nitrogen and oxygen atoms in total. The van der Waals surface area contributed by atoms with E-state index in [1.807, 2.05) is 0 Å². The van der Waals surface area contributed by atoms with Crippen LogP contribution in [0.2, 0.25) is 0 Å². The highest BCUT2D eigenvalue weighted by Crippen LogP contribution is 2.19. The summed E-state index contributed by atoms with van der Waals surface area (Å²) in [5, 5.41) is 14.0. The maximum Gasteiger partial charge on any atom is 0.225 e. The molecule has 1 aromatic heterocycles. The number of hydrogen-bond donors (Lipinski definition) is 1. The monoisotopic (exact) mass is 348 g/mol. The zero-order chi connectivity index (χ0) is 17.8. The third kappa shape index (κ3) is 4.61. The molecule has 0 spiro atoms. The van der Waals surface area contributed by atoms with Crippen LogP contribution >= 0.6 is 0 Å². The Balaban J connectivity index is 1.48. The van der Waals surface area contributed by atoms with E-state index in [0.717, 1.165) is 0 Å². The van der Waals surface area contributed by atoms with Gasteiger partial charge in [-0.2, -0.15) is 4.98 Å². The van der Waals surface area contributed by atoms with Gasteiger partial charge in [0.25, 0.3) is 0 Å². The van der Waals surface area contributed by atoms with Crippen molar-refractivity contribution in [2.24, 2.45) is 0 Å². The summed E-state index contributed by atoms with van der Waals surface area (Å²) in [4.78, 5) is 20.4. The lowest BCUT2D eigenvalue weighted by Crippen LogP contribution is -2.48. The molecule has 0 radical (unpaired) electrons. The molecule has 1 N–H and O–H groups in total. The van der Waals surface area contributed by atoms with Crippen LogP contribution in [0.15, 0.2) is 28.8 Å². The molecule has 1 aliphatic heterocycles. The fourth-order valence-corrected chi connectivity index (χ4v) is 2.89. The van der Waals surface area contributed by atoms with E-state index in [1.165, 1.54) is 18.2 Å². The summed E-state index contributed by atoms with van der Waals surface area (Å²) < 4.78 is 18.2. The van der Waals surface area contributed by atoms with Crippen molar-refractivity contribution in [1.82, 2.24) is 19.9 Å². The number of rotatable bonds is 5. The minimum Gasteiger partial charge on any atom is -0.388 e. The molecule has 1 atom stereocenters. The molecule has 2 heterocycles. The number of piperazine rings is 1. The zero-order valence-corrected chi connectivity index (χ0v) is 14.1. The molecule has 134 valence electrons. The van der Waals surface area contributed by atoms with E-state index in [2.05, 4.69) is 15.0 Å². The van der Waals surface area contributed by atoms with Crippen molar-refractivity contribution in [2.45, 2.75) is 26.0 Å². The number of hydrogen-bond acceptors (Lipinski definition) is 6. The normalized spacial score (nSPS) is 16.8. The molecule has 1 amide bonds. The van der Waals surface area contributed by atoms with Gasteiger partial charge in [-0.05, 0) is 17.7 Å². The Hall–Kier alpha value is -2.32. The Morgan fingerprint density at radius 2 is 2.12 bits per heavy atom. The molecule has 0 bridgehead atoms. The highest BCUT2D eigenvalue weighted by molar-refractivity contribution is 5.77. The van der Waals surface area contributed by atoms with Gasteiger partial charge >= 0.3 is 0 Å². The van der Waals surface area contributed by atoms with Crippen LogP contribution in [0.5, 0.6) is 0 Å². The number of carbonyl (C=O) groups is 1. The molecule has 1 unspecified atom stereocenters. The maximum absolute atomic E-state index is 13.2. The number of carbonyl (C=O) groups excluding carboxylic acids is 1. The Labute approximate surface area is 145 Å². The minimum absolute atomic E-state index is 0.0481. The van der Waals surface area contributed by atoms with Crippen molar-refractivity contribution in [1.29, 1.82) is 0 Å². The summed E-state index contributed by atoms with van der Waals surface area (Å²) in [6.45, 7) is 4.89. The molecule has 1 saturated heterocycles. The van der Waals surface area contributed by atoms with E-state index in [9.17, 15) is 14.3 Å². The average Bonchev–Trinajstić information content (AvgIpc) is 3.00. The van der Waals surface area contributed by atoms with Gasteiger partial charge < -0.3 is 14.5 Å². The molecule has 1 aliphatic rings. The van der Waals surface area contributed by atoms with Gasteiger partial charge in [0.2, 0.25) is 11.8 Å². The van der Waals surface area contributed by atoms with E-state index < -0.39 is 11.9 Å². The molecule has 3 rings (SSSR count). The second-order valence-electron chi connectivity index (χ2n) is 6.16. The zero-order valence-electron chi connectivity index (χ0n) is 14.1. The molecule has 1 aromatic carbocycles. The minimum atomic E-state index is -0.997. The van der Waals surface area contributed by atoms with Gasteiger partial charge in [0, 0.05) is 33.1 Å². The predicted molar refractivity (Wildman–Crippen MR) is 86.9 cm³/mol. The van der Waals surface area contributed by atoms with Crippen LogP contribution in [-0.4, -0.2) is 57.1 Å². The largest absolute Gasteiger partial charge is 0.388 e. The lowest BCUT2D eigenvalue weighted by Gasteiger charge is -2.34. The first-order valence-corrected chi connectivity index (χ1v) is 8.24. The number of benzene rings is 1. The van der Waals surface area contributed by atoms with Crippen molar-refractivity contribution in [3.05, 3.63) is 47.4 Å². The molecular weight excluding hydrogens is 327 g/mol. The quantitative estimate of drug-likeness (QED) is 0.877. The van der Waals surface area contributed by atoms with E-state index in [-0.39, 0.29) is 12.3 Å². The number of aliphatic hydroxyl groups is 1. The summed E-state index contributed by atoms with van der Waals surface area (Å²) in [6, 6.07) is 5.70. The Kier molecular flexibility index (Phi) is 5.40. The molecule has 8 heteroatoms. The van der Waals surface area contributed by atoms with Gasteiger partial charge in [0.1, 0.15) is 5.82 Å². The van der Waals surface area contributed by atoms with E-state index in [4.69, 9.17) is 4.52 Å². The van der Waals surface area contributed by atoms with Crippen LogP contribution in [0.4, 0.5) is 4.39 Å². The standard InChI is InChI=1S/C17H21FN4O3/c1-12-19-16(20-25-12)11-21-5-7-22(8-6-21)17(24)10-15(23)13-3-2-4-14(18)9-13/h2-4,9,15,23H,5-8,10-11H2,1H3. The number of halogens is 1. The number of aryl methyl sites for hydroxylation is 1. The number of amides is 1. The van der Waals surface area contributed by atoms with Crippen LogP contribution in [-0.2, 0) is 11.3 Å². The van der Waals surface area contributed by atoms with Crippen LogP contribution < -0.4 is 0 Å². The molecule has 0 aliphatic carbocycles. The SMILES string of the molecule is Cc1nc(CN2CCN(C(=O)CC(O)c3cccc(F)c3)CC2)no1. The molecule has 1 fully saturated rings. The van der Waals surface area contributed by atoms with E-state index >= 15 is 0 Å². The van der Waals surface area contributed by atoms with E-state index in [0.29, 0.717) is 50.0 Å². The Bertz CT molecular complexity index is 728. The predicted octanol–water partition coefficient (Wildman–Crippen LogP) is 1.29. The first-order valence-electron chi connectivity index (χ1n) is 8.24. The van der Waals surface area contributed by atoms with Gasteiger partial charge in [0.05, 0.1) is 19.1 Å². The van der Waals surface area contributed by atoms with Gasteiger partial charge in [0.15, 0.2) is 5.82 Å². The highest BCUT2D eigenvalue weighted by atomic mass is 19.1. The van der Waals surface area contributed by atoms with Crippen molar-refractivity contribution in [3.8, 4) is 0 Å². The van der Waals surface area contributed by atoms with Crippen molar-refractivity contribution in [3.63, 3.8) is 0 Å². The number of aliphatic hydroxyl groups excluding tert-OH is 1. The van der Waals surface area contributed by atoms with Crippen molar-refractivity contribution in [2.75, 3.05) is 26.2 Å². The smallest absolute Gasteiger partial charge is 0.225 e. The number of aromatic nitrogens is 2. The highest BCUT2D eigenvalue weighted by Gasteiger charge is 2.24. The molecule has 0 saturated carbocycles. The average molecular weight is 348 g/mol. The van der Waals surface area contributed by atoms with Gasteiger partial charge in [-0.3, -0.25) is 9.69 Å². The molecular formula is C17H21FN4O3. The van der Waals surface area contributed by atoms with Crippen LogP contribution in [0, 0.1) is 12.7 Å². The fourth-order valence-electron chi connectivity index (χ4n) is 2.89. The maximum atomic E-state index is 13.2. The molecule has 2 aromatic rings. The van der Waals surface area contributed by atoms with Crippen LogP contribution in [0.3, 0.4) is 0 Å².